The van der Waals surface area contributed by atoms with Crippen molar-refractivity contribution in [2.45, 2.75) is 39.7 Å². The van der Waals surface area contributed by atoms with Gasteiger partial charge in [0.25, 0.3) is 0 Å². The van der Waals surface area contributed by atoms with Crippen molar-refractivity contribution in [1.29, 1.82) is 0 Å². The van der Waals surface area contributed by atoms with Gasteiger partial charge in [-0.05, 0) is 37.8 Å². The summed E-state index contributed by atoms with van der Waals surface area (Å²) in [5.41, 5.74) is 3.83. The van der Waals surface area contributed by atoms with Crippen molar-refractivity contribution >= 4 is 0 Å². The molecule has 0 spiro atoms. The van der Waals surface area contributed by atoms with Crippen molar-refractivity contribution in [3.8, 4) is 0 Å². The predicted octanol–water partition coefficient (Wildman–Crippen LogP) is 2.62. The second kappa shape index (κ2) is 4.43. The summed E-state index contributed by atoms with van der Waals surface area (Å²) in [6, 6.07) is 6.38. The van der Waals surface area contributed by atoms with Gasteiger partial charge in [0.05, 0.1) is 6.10 Å². The molecule has 0 saturated heterocycles. The Bertz CT molecular complexity index is 278. The summed E-state index contributed by atoms with van der Waals surface area (Å²) in [6.07, 6.45) is 1.41. The van der Waals surface area contributed by atoms with Crippen LogP contribution in [0.5, 0.6) is 0 Å². The Morgan fingerprint density at radius 3 is 2.54 bits per heavy atom. The van der Waals surface area contributed by atoms with Crippen LogP contribution in [0.2, 0.25) is 0 Å². The largest absolute Gasteiger partial charge is 0.393 e. The molecule has 1 atom stereocenters. The van der Waals surface area contributed by atoms with Crippen LogP contribution in [0.1, 0.15) is 30.0 Å². The van der Waals surface area contributed by atoms with Gasteiger partial charge in [0, 0.05) is 0 Å². The van der Waals surface area contributed by atoms with E-state index in [2.05, 4.69) is 32.0 Å². The highest BCUT2D eigenvalue weighted by Crippen LogP contribution is 2.13. The lowest BCUT2D eigenvalue weighted by molar-refractivity contribution is 0.170. The van der Waals surface area contributed by atoms with Gasteiger partial charge in [0.2, 0.25) is 0 Å². The molecule has 13 heavy (non-hydrogen) atoms. The standard InChI is InChI=1S/C12H18O/c1-4-12(13)8-11-6-5-9(2)7-10(11)3/h5-7,12-13H,4,8H2,1-3H3/t12-/m1/s1. The Labute approximate surface area is 80.4 Å². The molecule has 0 aromatic heterocycles. The van der Waals surface area contributed by atoms with Gasteiger partial charge < -0.3 is 5.11 Å². The van der Waals surface area contributed by atoms with E-state index in [1.54, 1.807) is 0 Å². The third-order valence-corrected chi connectivity index (χ3v) is 2.42. The monoisotopic (exact) mass is 178 g/mol. The Kier molecular flexibility index (Phi) is 3.49. The number of aliphatic hydroxyl groups excluding tert-OH is 1. The van der Waals surface area contributed by atoms with Crippen molar-refractivity contribution < 1.29 is 5.11 Å². The predicted molar refractivity (Wildman–Crippen MR) is 55.9 cm³/mol. The highest BCUT2D eigenvalue weighted by atomic mass is 16.3. The van der Waals surface area contributed by atoms with E-state index in [-0.39, 0.29) is 6.10 Å². The first kappa shape index (κ1) is 10.3. The molecular formula is C12H18O. The van der Waals surface area contributed by atoms with E-state index in [1.165, 1.54) is 16.7 Å². The number of aryl methyl sites for hydroxylation is 2. The maximum Gasteiger partial charge on any atom is 0.0578 e. The van der Waals surface area contributed by atoms with Gasteiger partial charge >= 0.3 is 0 Å². The summed E-state index contributed by atoms with van der Waals surface area (Å²) in [7, 11) is 0. The number of benzene rings is 1. The molecule has 0 aliphatic heterocycles. The molecular weight excluding hydrogens is 160 g/mol. The fraction of sp³-hybridized carbons (Fsp3) is 0.500. The summed E-state index contributed by atoms with van der Waals surface area (Å²) in [5, 5.41) is 9.51. The molecule has 0 bridgehead atoms. The highest BCUT2D eigenvalue weighted by Gasteiger charge is 2.04. The van der Waals surface area contributed by atoms with Gasteiger partial charge in [-0.3, -0.25) is 0 Å². The quantitative estimate of drug-likeness (QED) is 0.754. The first-order chi connectivity index (χ1) is 6.13. The lowest BCUT2D eigenvalue weighted by Gasteiger charge is -2.10. The molecule has 1 rings (SSSR count). The molecule has 0 saturated carbocycles. The zero-order chi connectivity index (χ0) is 9.84. The van der Waals surface area contributed by atoms with Crippen LogP contribution < -0.4 is 0 Å². The van der Waals surface area contributed by atoms with Gasteiger partial charge in [0.15, 0.2) is 0 Å². The average Bonchev–Trinajstić information content (AvgIpc) is 2.09. The van der Waals surface area contributed by atoms with Crippen LogP contribution in [-0.4, -0.2) is 11.2 Å². The van der Waals surface area contributed by atoms with Gasteiger partial charge in [-0.1, -0.05) is 30.7 Å². The lowest BCUT2D eigenvalue weighted by Crippen LogP contribution is -2.09. The summed E-state index contributed by atoms with van der Waals surface area (Å²) in [4.78, 5) is 0. The molecule has 72 valence electrons. The fourth-order valence-corrected chi connectivity index (χ4v) is 1.47. The smallest absolute Gasteiger partial charge is 0.0578 e. The molecule has 1 heteroatoms. The van der Waals surface area contributed by atoms with Crippen molar-refractivity contribution in [3.05, 3.63) is 34.9 Å². The van der Waals surface area contributed by atoms with Crippen molar-refractivity contribution in [2.24, 2.45) is 0 Å². The molecule has 1 aromatic carbocycles. The van der Waals surface area contributed by atoms with Crippen LogP contribution in [0.15, 0.2) is 18.2 Å². The van der Waals surface area contributed by atoms with Gasteiger partial charge in [-0.25, -0.2) is 0 Å². The van der Waals surface area contributed by atoms with Crippen LogP contribution >= 0.6 is 0 Å². The van der Waals surface area contributed by atoms with E-state index < -0.39 is 0 Å². The van der Waals surface area contributed by atoms with Gasteiger partial charge in [-0.15, -0.1) is 0 Å². The van der Waals surface area contributed by atoms with E-state index in [0.29, 0.717) is 0 Å². The Balaban J connectivity index is 2.77. The maximum absolute atomic E-state index is 9.51. The Hall–Kier alpha value is -0.820. The minimum atomic E-state index is -0.193. The molecule has 0 radical (unpaired) electrons. The zero-order valence-electron chi connectivity index (χ0n) is 8.67. The number of hydrogen-bond donors (Lipinski definition) is 1. The summed E-state index contributed by atoms with van der Waals surface area (Å²) in [5.74, 6) is 0. The van der Waals surface area contributed by atoms with Crippen LogP contribution in [0.4, 0.5) is 0 Å². The molecule has 0 aliphatic carbocycles. The van der Waals surface area contributed by atoms with Crippen molar-refractivity contribution in [1.82, 2.24) is 0 Å². The lowest BCUT2D eigenvalue weighted by atomic mass is 10.00. The van der Waals surface area contributed by atoms with E-state index in [1.807, 2.05) is 6.92 Å². The van der Waals surface area contributed by atoms with Gasteiger partial charge in [0.1, 0.15) is 0 Å². The summed E-state index contributed by atoms with van der Waals surface area (Å²) < 4.78 is 0. The third-order valence-electron chi connectivity index (χ3n) is 2.42. The average molecular weight is 178 g/mol. The van der Waals surface area contributed by atoms with Crippen LogP contribution in [0, 0.1) is 13.8 Å². The topological polar surface area (TPSA) is 20.2 Å². The Morgan fingerprint density at radius 1 is 1.31 bits per heavy atom. The molecule has 0 heterocycles. The maximum atomic E-state index is 9.51. The second-order valence-corrected chi connectivity index (χ2v) is 3.70. The first-order valence-corrected chi connectivity index (χ1v) is 4.87. The summed E-state index contributed by atoms with van der Waals surface area (Å²) in [6.45, 7) is 6.20. The summed E-state index contributed by atoms with van der Waals surface area (Å²) >= 11 is 0. The van der Waals surface area contributed by atoms with Crippen LogP contribution in [0.25, 0.3) is 0 Å². The normalized spacial score (nSPS) is 12.9. The number of hydrogen-bond acceptors (Lipinski definition) is 1. The molecule has 0 amide bonds. The molecule has 1 nitrogen and oxygen atoms in total. The number of rotatable bonds is 3. The third kappa shape index (κ3) is 2.85. The molecule has 0 aliphatic rings. The molecule has 1 aromatic rings. The van der Waals surface area contributed by atoms with Crippen LogP contribution in [0.3, 0.4) is 0 Å². The second-order valence-electron chi connectivity index (χ2n) is 3.70. The fourth-order valence-electron chi connectivity index (χ4n) is 1.47. The van der Waals surface area contributed by atoms with Crippen LogP contribution in [-0.2, 0) is 6.42 Å². The van der Waals surface area contributed by atoms with E-state index in [9.17, 15) is 5.11 Å². The van der Waals surface area contributed by atoms with E-state index in [0.717, 1.165) is 12.8 Å². The molecule has 0 fully saturated rings. The highest BCUT2D eigenvalue weighted by molar-refractivity contribution is 5.30. The minimum Gasteiger partial charge on any atom is -0.393 e. The first-order valence-electron chi connectivity index (χ1n) is 4.87. The van der Waals surface area contributed by atoms with E-state index in [4.69, 9.17) is 0 Å². The van der Waals surface area contributed by atoms with Crippen molar-refractivity contribution in [2.75, 3.05) is 0 Å². The molecule has 0 unspecified atom stereocenters. The van der Waals surface area contributed by atoms with Gasteiger partial charge in [-0.2, -0.15) is 0 Å². The van der Waals surface area contributed by atoms with Crippen molar-refractivity contribution in [3.63, 3.8) is 0 Å². The number of aliphatic hydroxyl groups is 1. The SMILES string of the molecule is CC[C@@H](O)Cc1ccc(C)cc1C. The molecule has 1 N–H and O–H groups in total. The van der Waals surface area contributed by atoms with E-state index >= 15 is 0 Å². The Morgan fingerprint density at radius 2 is 2.00 bits per heavy atom. The zero-order valence-corrected chi connectivity index (χ0v) is 8.67. The minimum absolute atomic E-state index is 0.193.